The van der Waals surface area contributed by atoms with E-state index in [0.29, 0.717) is 6.54 Å². The van der Waals surface area contributed by atoms with Crippen molar-refractivity contribution in [3.8, 4) is 0 Å². The number of rotatable bonds is 8. The summed E-state index contributed by atoms with van der Waals surface area (Å²) in [6, 6.07) is 7.90. The lowest BCUT2D eigenvalue weighted by Gasteiger charge is -2.15. The summed E-state index contributed by atoms with van der Waals surface area (Å²) in [6.45, 7) is 2.20. The number of carbonyl (C=O) groups excluding carboxylic acids is 1. The number of amides is 1. The Balaban J connectivity index is 1.80. The van der Waals surface area contributed by atoms with Crippen LogP contribution in [0.1, 0.15) is 60.6 Å². The zero-order valence-electron chi connectivity index (χ0n) is 14.3. The molecule has 1 aliphatic carbocycles. The molecule has 0 bridgehead atoms. The molecule has 1 aliphatic rings. The zero-order valence-corrected chi connectivity index (χ0v) is 15.9. The number of nitrogens with one attached hydrogen (secondary N) is 1. The normalized spacial score (nSPS) is 16.4. The summed E-state index contributed by atoms with van der Waals surface area (Å²) in [5.41, 5.74) is 6.78. The van der Waals surface area contributed by atoms with Crippen molar-refractivity contribution in [2.24, 2.45) is 5.73 Å². The first-order valence-electron chi connectivity index (χ1n) is 8.62. The summed E-state index contributed by atoms with van der Waals surface area (Å²) in [5.74, 6) is -0.0478. The van der Waals surface area contributed by atoms with Gasteiger partial charge in [0.05, 0.1) is 6.04 Å². The van der Waals surface area contributed by atoms with Crippen LogP contribution in [0.4, 0.5) is 0 Å². The molecule has 0 spiro atoms. The molecule has 1 amide bonds. The molecule has 1 aromatic carbocycles. The van der Waals surface area contributed by atoms with Crippen LogP contribution in [-0.4, -0.2) is 22.6 Å². The summed E-state index contributed by atoms with van der Waals surface area (Å²) in [6.07, 6.45) is 4.87. The van der Waals surface area contributed by atoms with Crippen molar-refractivity contribution >= 4 is 28.8 Å². The Labute approximate surface area is 157 Å². The van der Waals surface area contributed by atoms with E-state index in [2.05, 4.69) is 27.6 Å². The maximum absolute atomic E-state index is 11.5. The minimum absolute atomic E-state index is 0.0292. The Hall–Kier alpha value is -1.50. The van der Waals surface area contributed by atoms with Crippen LogP contribution in [0.5, 0.6) is 0 Å². The molecule has 0 radical (unpaired) electrons. The number of benzene rings is 1. The number of carbonyl (C=O) groups is 1. The van der Waals surface area contributed by atoms with Gasteiger partial charge in [0, 0.05) is 17.4 Å². The van der Waals surface area contributed by atoms with E-state index in [9.17, 15) is 4.79 Å². The van der Waals surface area contributed by atoms with Crippen molar-refractivity contribution in [2.45, 2.75) is 50.5 Å². The molecular formula is C18H23ClN4OS. The van der Waals surface area contributed by atoms with Crippen molar-refractivity contribution in [1.82, 2.24) is 15.5 Å². The molecule has 1 heterocycles. The molecule has 3 N–H and O–H groups in total. The molecule has 7 heteroatoms. The standard InChI is InChI=1S/C18H23ClN4OS/c1-12(24)21-15(4-2-3-11-20)16-22-23-17(25-16)18(9-10-18)13-5-7-14(19)8-6-13/h5-8,15H,2-4,9-11,20H2,1H3,(H,21,24). The third-order valence-corrected chi connectivity index (χ3v) is 6.11. The molecule has 5 nitrogen and oxygen atoms in total. The summed E-state index contributed by atoms with van der Waals surface area (Å²) in [7, 11) is 0. The quantitative estimate of drug-likeness (QED) is 0.688. The minimum atomic E-state index is -0.0867. The number of unbranched alkanes of at least 4 members (excludes halogenated alkanes) is 1. The summed E-state index contributed by atoms with van der Waals surface area (Å²) < 4.78 is 0. The van der Waals surface area contributed by atoms with Gasteiger partial charge in [-0.3, -0.25) is 4.79 Å². The van der Waals surface area contributed by atoms with Crippen LogP contribution in [-0.2, 0) is 10.2 Å². The number of hydrogen-bond donors (Lipinski definition) is 2. The number of hydrogen-bond acceptors (Lipinski definition) is 5. The van der Waals surface area contributed by atoms with E-state index in [-0.39, 0.29) is 17.4 Å². The van der Waals surface area contributed by atoms with Crippen molar-refractivity contribution in [3.63, 3.8) is 0 Å². The number of nitrogens with zero attached hydrogens (tertiary/aromatic N) is 2. The monoisotopic (exact) mass is 378 g/mol. The third kappa shape index (κ3) is 4.19. The second-order valence-electron chi connectivity index (χ2n) is 6.57. The highest BCUT2D eigenvalue weighted by atomic mass is 35.5. The molecule has 134 valence electrons. The van der Waals surface area contributed by atoms with Gasteiger partial charge in [-0.25, -0.2) is 0 Å². The van der Waals surface area contributed by atoms with Crippen LogP contribution in [0.3, 0.4) is 0 Å². The molecule has 1 saturated carbocycles. The average Bonchev–Trinajstić information content (AvgIpc) is 3.24. The van der Waals surface area contributed by atoms with Crippen molar-refractivity contribution in [3.05, 3.63) is 44.9 Å². The van der Waals surface area contributed by atoms with E-state index in [0.717, 1.165) is 47.1 Å². The van der Waals surface area contributed by atoms with E-state index in [4.69, 9.17) is 17.3 Å². The smallest absolute Gasteiger partial charge is 0.217 e. The molecule has 3 rings (SSSR count). The fourth-order valence-corrected chi connectivity index (χ4v) is 4.41. The van der Waals surface area contributed by atoms with Gasteiger partial charge >= 0.3 is 0 Å². The first kappa shape index (κ1) is 18.3. The van der Waals surface area contributed by atoms with Gasteiger partial charge in [0.1, 0.15) is 10.0 Å². The molecule has 1 aromatic heterocycles. The molecular weight excluding hydrogens is 356 g/mol. The SMILES string of the molecule is CC(=O)NC(CCCCN)c1nnc(C2(c3ccc(Cl)cc3)CC2)s1. The lowest BCUT2D eigenvalue weighted by molar-refractivity contribution is -0.119. The maximum Gasteiger partial charge on any atom is 0.217 e. The largest absolute Gasteiger partial charge is 0.347 e. The second kappa shape index (κ2) is 7.81. The molecule has 0 saturated heterocycles. The second-order valence-corrected chi connectivity index (χ2v) is 8.02. The summed E-state index contributed by atoms with van der Waals surface area (Å²) in [4.78, 5) is 11.5. The fourth-order valence-electron chi connectivity index (χ4n) is 3.08. The highest BCUT2D eigenvalue weighted by Gasteiger charge is 2.49. The van der Waals surface area contributed by atoms with E-state index < -0.39 is 0 Å². The predicted molar refractivity (Wildman–Crippen MR) is 101 cm³/mol. The Morgan fingerprint density at radius 3 is 2.64 bits per heavy atom. The number of halogens is 1. The first-order chi connectivity index (χ1) is 12.0. The summed E-state index contributed by atoms with van der Waals surface area (Å²) >= 11 is 7.62. The van der Waals surface area contributed by atoms with E-state index >= 15 is 0 Å². The van der Waals surface area contributed by atoms with E-state index in [1.165, 1.54) is 12.5 Å². The van der Waals surface area contributed by atoms with Crippen LogP contribution in [0, 0.1) is 0 Å². The van der Waals surface area contributed by atoms with Crippen molar-refractivity contribution < 1.29 is 4.79 Å². The van der Waals surface area contributed by atoms with Crippen molar-refractivity contribution in [2.75, 3.05) is 6.54 Å². The molecule has 1 fully saturated rings. The Morgan fingerprint density at radius 1 is 1.32 bits per heavy atom. The van der Waals surface area contributed by atoms with Gasteiger partial charge in [0.2, 0.25) is 5.91 Å². The van der Waals surface area contributed by atoms with Gasteiger partial charge in [-0.1, -0.05) is 35.1 Å². The molecule has 25 heavy (non-hydrogen) atoms. The molecule has 1 atom stereocenters. The Morgan fingerprint density at radius 2 is 2.04 bits per heavy atom. The van der Waals surface area contributed by atoms with Gasteiger partial charge in [0.15, 0.2) is 0 Å². The number of nitrogens with two attached hydrogens (primary N) is 1. The summed E-state index contributed by atoms with van der Waals surface area (Å²) in [5, 5.41) is 14.5. The molecule has 1 unspecified atom stereocenters. The lowest BCUT2D eigenvalue weighted by atomic mass is 9.97. The highest BCUT2D eigenvalue weighted by Crippen LogP contribution is 2.54. The van der Waals surface area contributed by atoms with Crippen LogP contribution in [0.25, 0.3) is 0 Å². The fraction of sp³-hybridized carbons (Fsp3) is 0.500. The number of aromatic nitrogens is 2. The first-order valence-corrected chi connectivity index (χ1v) is 9.82. The lowest BCUT2D eigenvalue weighted by Crippen LogP contribution is -2.26. The van der Waals surface area contributed by atoms with E-state index in [1.54, 1.807) is 11.3 Å². The molecule has 0 aliphatic heterocycles. The van der Waals surface area contributed by atoms with Crippen LogP contribution in [0.15, 0.2) is 24.3 Å². The van der Waals surface area contributed by atoms with Gasteiger partial charge in [0.25, 0.3) is 0 Å². The predicted octanol–water partition coefficient (Wildman–Crippen LogP) is 3.58. The maximum atomic E-state index is 11.5. The minimum Gasteiger partial charge on any atom is -0.347 e. The van der Waals surface area contributed by atoms with Gasteiger partial charge < -0.3 is 11.1 Å². The highest BCUT2D eigenvalue weighted by molar-refractivity contribution is 7.11. The van der Waals surface area contributed by atoms with Crippen molar-refractivity contribution in [1.29, 1.82) is 0 Å². The van der Waals surface area contributed by atoms with Crippen LogP contribution < -0.4 is 11.1 Å². The zero-order chi connectivity index (χ0) is 17.9. The van der Waals surface area contributed by atoms with Gasteiger partial charge in [-0.05, 0) is 56.3 Å². The third-order valence-electron chi connectivity index (χ3n) is 4.62. The van der Waals surface area contributed by atoms with Gasteiger partial charge in [-0.15, -0.1) is 10.2 Å². The average molecular weight is 379 g/mol. The molecule has 2 aromatic rings. The Kier molecular flexibility index (Phi) is 5.71. The topological polar surface area (TPSA) is 80.9 Å². The Bertz CT molecular complexity index is 727. The van der Waals surface area contributed by atoms with E-state index in [1.807, 2.05) is 12.1 Å². The van der Waals surface area contributed by atoms with Gasteiger partial charge in [-0.2, -0.15) is 0 Å². The van der Waals surface area contributed by atoms with Crippen LogP contribution in [0.2, 0.25) is 5.02 Å². The van der Waals surface area contributed by atoms with Crippen LogP contribution >= 0.6 is 22.9 Å².